The predicted molar refractivity (Wildman–Crippen MR) is 90.3 cm³/mol. The first-order valence-corrected chi connectivity index (χ1v) is 8.62. The second-order valence-corrected chi connectivity index (χ2v) is 8.44. The van der Waals surface area contributed by atoms with Gasteiger partial charge in [-0.1, -0.05) is 57.0 Å². The quantitative estimate of drug-likeness (QED) is 0.699. The van der Waals surface area contributed by atoms with Gasteiger partial charge in [-0.25, -0.2) is 0 Å². The van der Waals surface area contributed by atoms with Crippen molar-refractivity contribution in [3.63, 3.8) is 0 Å². The van der Waals surface area contributed by atoms with Gasteiger partial charge >= 0.3 is 0 Å². The third kappa shape index (κ3) is 5.37. The molecule has 0 N–H and O–H groups in total. The van der Waals surface area contributed by atoms with Gasteiger partial charge < -0.3 is 5.11 Å². The molecule has 0 radical (unpaired) electrons. The van der Waals surface area contributed by atoms with Crippen LogP contribution in [0.4, 0.5) is 0 Å². The van der Waals surface area contributed by atoms with Crippen molar-refractivity contribution in [2.45, 2.75) is 41.0 Å². The molecule has 0 spiro atoms. The van der Waals surface area contributed by atoms with Crippen LogP contribution < -0.4 is 5.11 Å². The summed E-state index contributed by atoms with van der Waals surface area (Å²) < 4.78 is 0. The van der Waals surface area contributed by atoms with E-state index in [4.69, 9.17) is 23.2 Å². The summed E-state index contributed by atoms with van der Waals surface area (Å²) in [6.07, 6.45) is 1.94. The van der Waals surface area contributed by atoms with E-state index < -0.39 is 0 Å². The number of hydrogen-bond donors (Lipinski definition) is 0. The van der Waals surface area contributed by atoms with Crippen molar-refractivity contribution < 1.29 is 5.11 Å². The van der Waals surface area contributed by atoms with Crippen molar-refractivity contribution in [3.05, 3.63) is 33.3 Å². The Morgan fingerprint density at radius 1 is 1.30 bits per heavy atom. The number of benzene rings is 1. The van der Waals surface area contributed by atoms with Gasteiger partial charge in [-0.05, 0) is 42.5 Å². The highest BCUT2D eigenvalue weighted by Crippen LogP contribution is 2.30. The molecule has 112 valence electrons. The molecular formula is C16H22Cl2OP-. The molecule has 0 heterocycles. The molecule has 1 aromatic rings. The molecule has 1 aromatic carbocycles. The summed E-state index contributed by atoms with van der Waals surface area (Å²) in [7, 11) is 0.769. The number of rotatable bonds is 4. The third-order valence-electron chi connectivity index (χ3n) is 3.01. The molecule has 0 amide bonds. The van der Waals surface area contributed by atoms with E-state index in [-0.39, 0.29) is 10.9 Å². The molecule has 0 aliphatic heterocycles. The fourth-order valence-corrected chi connectivity index (χ4v) is 3.95. The van der Waals surface area contributed by atoms with Crippen molar-refractivity contribution in [2.75, 3.05) is 6.16 Å². The Morgan fingerprint density at radius 2 is 1.90 bits per heavy atom. The van der Waals surface area contributed by atoms with Crippen molar-refractivity contribution in [2.24, 2.45) is 11.3 Å². The molecule has 20 heavy (non-hydrogen) atoms. The maximum Gasteiger partial charge on any atom is 0.0515 e. The van der Waals surface area contributed by atoms with E-state index in [1.54, 1.807) is 6.07 Å². The van der Waals surface area contributed by atoms with Crippen LogP contribution in [0.3, 0.4) is 0 Å². The lowest BCUT2D eigenvalue weighted by Crippen LogP contribution is -2.19. The summed E-state index contributed by atoms with van der Waals surface area (Å²) in [6, 6.07) is 3.57. The fourth-order valence-electron chi connectivity index (χ4n) is 2.28. The van der Waals surface area contributed by atoms with E-state index >= 15 is 0 Å². The predicted octanol–water partition coefficient (Wildman–Crippen LogP) is 5.16. The summed E-state index contributed by atoms with van der Waals surface area (Å²) in [5, 5.41) is 13.3. The standard InChI is InChI=1S/C16H23Cl2OP/c1-10(8-16(3,4)5)9-20-15(19)13-12(17)7-6-11(2)14(13)18/h6-7,10,19H,8-9H2,1-5H3/p-1. The first kappa shape index (κ1) is 18.0. The van der Waals surface area contributed by atoms with Crippen LogP contribution in [0.5, 0.6) is 0 Å². The molecule has 1 nitrogen and oxygen atoms in total. The van der Waals surface area contributed by atoms with Crippen molar-refractivity contribution >= 4 is 36.9 Å². The normalized spacial score (nSPS) is 14.5. The molecule has 0 fully saturated rings. The Morgan fingerprint density at radius 3 is 2.45 bits per heavy atom. The van der Waals surface area contributed by atoms with Gasteiger partial charge in [0, 0.05) is 10.6 Å². The van der Waals surface area contributed by atoms with Gasteiger partial charge in [0.2, 0.25) is 0 Å². The molecule has 0 aromatic heterocycles. The zero-order valence-electron chi connectivity index (χ0n) is 12.8. The van der Waals surface area contributed by atoms with Crippen molar-refractivity contribution in [1.29, 1.82) is 0 Å². The largest absolute Gasteiger partial charge is 0.823 e. The highest BCUT2D eigenvalue weighted by Gasteiger charge is 2.14. The summed E-state index contributed by atoms with van der Waals surface area (Å²) in [5.41, 5.74) is 1.66. The van der Waals surface area contributed by atoms with Crippen LogP contribution in [0.25, 0.3) is 0 Å². The highest BCUT2D eigenvalue weighted by atomic mass is 35.5. The zero-order chi connectivity index (χ0) is 15.5. The summed E-state index contributed by atoms with van der Waals surface area (Å²) in [4.78, 5) is 0. The van der Waals surface area contributed by atoms with Gasteiger partial charge in [-0.3, -0.25) is 0 Å². The monoisotopic (exact) mass is 331 g/mol. The van der Waals surface area contributed by atoms with Crippen molar-refractivity contribution in [1.82, 2.24) is 0 Å². The lowest BCUT2D eigenvalue weighted by atomic mass is 9.86. The molecule has 0 aliphatic rings. The van der Waals surface area contributed by atoms with E-state index in [9.17, 15) is 5.11 Å². The van der Waals surface area contributed by atoms with Crippen LogP contribution in [-0.2, 0) is 0 Å². The minimum Gasteiger partial charge on any atom is -0.823 e. The van der Waals surface area contributed by atoms with Crippen LogP contribution in [-0.4, -0.2) is 11.6 Å². The van der Waals surface area contributed by atoms with Gasteiger partial charge in [0.15, 0.2) is 0 Å². The van der Waals surface area contributed by atoms with Crippen LogP contribution in [0.1, 0.15) is 45.2 Å². The van der Waals surface area contributed by atoms with Gasteiger partial charge in [-0.15, -0.1) is 13.7 Å². The van der Waals surface area contributed by atoms with E-state index in [2.05, 4.69) is 27.7 Å². The summed E-state index contributed by atoms with van der Waals surface area (Å²) >= 11 is 12.3. The van der Waals surface area contributed by atoms with E-state index in [1.807, 2.05) is 13.0 Å². The second kappa shape index (κ2) is 7.27. The Bertz CT molecular complexity index is 504. The molecule has 0 bridgehead atoms. The fraction of sp³-hybridized carbons (Fsp3) is 0.562. The van der Waals surface area contributed by atoms with Gasteiger partial charge in [-0.2, -0.15) is 0 Å². The average Bonchev–Trinajstić information content (AvgIpc) is 2.30. The minimum atomic E-state index is 0.0180. The maximum atomic E-state index is 12.3. The topological polar surface area (TPSA) is 23.1 Å². The van der Waals surface area contributed by atoms with Crippen LogP contribution in [0.15, 0.2) is 12.1 Å². The Kier molecular flexibility index (Phi) is 6.54. The molecule has 1 atom stereocenters. The lowest BCUT2D eigenvalue weighted by Gasteiger charge is -2.23. The molecule has 0 saturated heterocycles. The average molecular weight is 332 g/mol. The van der Waals surface area contributed by atoms with E-state index in [1.165, 1.54) is 0 Å². The number of hydrogen-bond acceptors (Lipinski definition) is 1. The van der Waals surface area contributed by atoms with E-state index in [0.29, 0.717) is 21.5 Å². The Hall–Kier alpha value is -0.0700. The molecule has 1 unspecified atom stereocenters. The second-order valence-electron chi connectivity index (χ2n) is 6.57. The molecule has 1 rings (SSSR count). The van der Waals surface area contributed by atoms with Gasteiger partial charge in [0.1, 0.15) is 0 Å². The smallest absolute Gasteiger partial charge is 0.0515 e. The van der Waals surface area contributed by atoms with Crippen LogP contribution in [0.2, 0.25) is 10.0 Å². The Labute approximate surface area is 134 Å². The van der Waals surface area contributed by atoms with Crippen LogP contribution in [0, 0.1) is 18.3 Å². The number of halogens is 2. The van der Waals surface area contributed by atoms with Crippen molar-refractivity contribution in [3.8, 4) is 0 Å². The first-order valence-electron chi connectivity index (χ1n) is 6.78. The molecule has 0 saturated carbocycles. The lowest BCUT2D eigenvalue weighted by molar-refractivity contribution is -0.207. The molecule has 4 heteroatoms. The Balaban J connectivity index is 2.88. The highest BCUT2D eigenvalue weighted by molar-refractivity contribution is 7.40. The maximum absolute atomic E-state index is 12.3. The first-order chi connectivity index (χ1) is 9.11. The summed E-state index contributed by atoms with van der Waals surface area (Å²) in [5.74, 6) is 0.503. The molecule has 0 aliphatic carbocycles. The minimum absolute atomic E-state index is 0.0180. The zero-order valence-corrected chi connectivity index (χ0v) is 15.2. The summed E-state index contributed by atoms with van der Waals surface area (Å²) in [6.45, 7) is 10.7. The van der Waals surface area contributed by atoms with Gasteiger partial charge in [0.05, 0.1) is 5.02 Å². The number of aryl methyl sites for hydroxylation is 1. The van der Waals surface area contributed by atoms with Crippen LogP contribution >= 0.6 is 31.4 Å². The molecular weight excluding hydrogens is 310 g/mol. The van der Waals surface area contributed by atoms with Gasteiger partial charge in [0.25, 0.3) is 0 Å². The van der Waals surface area contributed by atoms with E-state index in [0.717, 1.165) is 26.4 Å². The third-order valence-corrected chi connectivity index (χ3v) is 5.12. The SMILES string of the molecule is Cc1ccc(Cl)c(C([O-])=PCC(C)CC(C)(C)C)c1Cl.